The maximum absolute atomic E-state index is 5.64. The van der Waals surface area contributed by atoms with Gasteiger partial charge in [-0.3, -0.25) is 0 Å². The first kappa shape index (κ1) is 15.7. The summed E-state index contributed by atoms with van der Waals surface area (Å²) >= 11 is 0. The molecule has 0 radical (unpaired) electrons. The van der Waals surface area contributed by atoms with E-state index < -0.39 is 0 Å². The van der Waals surface area contributed by atoms with E-state index in [0.717, 1.165) is 28.4 Å². The molecule has 0 saturated carbocycles. The van der Waals surface area contributed by atoms with Gasteiger partial charge in [-0.15, -0.1) is 5.10 Å². The Morgan fingerprint density at radius 1 is 0.920 bits per heavy atom. The van der Waals surface area contributed by atoms with Gasteiger partial charge in [0.1, 0.15) is 18.9 Å². The molecule has 0 bridgehead atoms. The molecule has 0 N–H and O–H groups in total. The van der Waals surface area contributed by atoms with Crippen LogP contribution in [-0.2, 0) is 5.41 Å². The van der Waals surface area contributed by atoms with Gasteiger partial charge in [0.05, 0.1) is 11.9 Å². The normalized spacial score (nSPS) is 13.7. The lowest BCUT2D eigenvalue weighted by Crippen LogP contribution is -2.15. The van der Waals surface area contributed by atoms with E-state index in [1.54, 1.807) is 4.68 Å². The van der Waals surface area contributed by atoms with Crippen LogP contribution < -0.4 is 9.47 Å². The number of hydrogen-bond donors (Lipinski definition) is 0. The van der Waals surface area contributed by atoms with Gasteiger partial charge in [-0.25, -0.2) is 4.68 Å². The van der Waals surface area contributed by atoms with Gasteiger partial charge in [0.2, 0.25) is 0 Å². The zero-order chi connectivity index (χ0) is 17.4. The molecule has 0 aliphatic carbocycles. The minimum absolute atomic E-state index is 0.140. The Morgan fingerprint density at radius 3 is 2.36 bits per heavy atom. The molecule has 5 nitrogen and oxygen atoms in total. The SMILES string of the molecule is CC(C)(C)c1ccc(-c2cn(-c3ccc4c(c3)OCCO4)nn2)cc1. The molecule has 2 aromatic carbocycles. The molecule has 0 amide bonds. The number of fused-ring (bicyclic) bond motifs is 1. The van der Waals surface area contributed by atoms with Crippen LogP contribution >= 0.6 is 0 Å². The van der Waals surface area contributed by atoms with E-state index in [1.165, 1.54) is 5.56 Å². The molecule has 0 spiro atoms. The predicted octanol–water partition coefficient (Wildman–Crippen LogP) is 4.00. The number of benzene rings is 2. The van der Waals surface area contributed by atoms with E-state index in [4.69, 9.17) is 9.47 Å². The van der Waals surface area contributed by atoms with Crippen LogP contribution in [-0.4, -0.2) is 28.2 Å². The summed E-state index contributed by atoms with van der Waals surface area (Å²) in [5.41, 5.74) is 4.23. The summed E-state index contributed by atoms with van der Waals surface area (Å²) in [7, 11) is 0. The lowest BCUT2D eigenvalue weighted by molar-refractivity contribution is 0.171. The number of nitrogens with zero attached hydrogens (tertiary/aromatic N) is 3. The second-order valence-electron chi connectivity index (χ2n) is 7.20. The first-order chi connectivity index (χ1) is 12.0. The van der Waals surface area contributed by atoms with Crippen LogP contribution in [0.25, 0.3) is 16.9 Å². The van der Waals surface area contributed by atoms with E-state index in [-0.39, 0.29) is 5.41 Å². The standard InChI is InChI=1S/C20H21N3O2/c1-20(2,3)15-6-4-14(5-7-15)17-13-23(22-21-17)16-8-9-18-19(12-16)25-11-10-24-18/h4-9,12-13H,10-11H2,1-3H3. The molecule has 1 aliphatic rings. The Balaban J connectivity index is 1.62. The molecule has 128 valence electrons. The first-order valence-corrected chi connectivity index (χ1v) is 8.44. The number of ether oxygens (including phenoxy) is 2. The zero-order valence-electron chi connectivity index (χ0n) is 14.7. The Hall–Kier alpha value is -2.82. The molecule has 1 aliphatic heterocycles. The third-order valence-corrected chi connectivity index (χ3v) is 4.33. The van der Waals surface area contributed by atoms with Gasteiger partial charge in [-0.2, -0.15) is 0 Å². The van der Waals surface area contributed by atoms with Gasteiger partial charge in [-0.1, -0.05) is 50.3 Å². The summed E-state index contributed by atoms with van der Waals surface area (Å²) in [5, 5.41) is 8.56. The summed E-state index contributed by atoms with van der Waals surface area (Å²) in [4.78, 5) is 0. The fraction of sp³-hybridized carbons (Fsp3) is 0.300. The second kappa shape index (κ2) is 5.92. The van der Waals surface area contributed by atoms with Crippen molar-refractivity contribution in [1.82, 2.24) is 15.0 Å². The van der Waals surface area contributed by atoms with Gasteiger partial charge >= 0.3 is 0 Å². The van der Waals surface area contributed by atoms with Crippen LogP contribution in [0, 0.1) is 0 Å². The lowest BCUT2D eigenvalue weighted by Gasteiger charge is -2.18. The molecule has 2 heterocycles. The maximum atomic E-state index is 5.64. The highest BCUT2D eigenvalue weighted by atomic mass is 16.6. The highest BCUT2D eigenvalue weighted by Gasteiger charge is 2.15. The van der Waals surface area contributed by atoms with Crippen molar-refractivity contribution in [3.63, 3.8) is 0 Å². The predicted molar refractivity (Wildman–Crippen MR) is 96.5 cm³/mol. The van der Waals surface area contributed by atoms with E-state index >= 15 is 0 Å². The van der Waals surface area contributed by atoms with E-state index in [9.17, 15) is 0 Å². The van der Waals surface area contributed by atoms with Crippen molar-refractivity contribution in [3.8, 4) is 28.4 Å². The highest BCUT2D eigenvalue weighted by Crippen LogP contribution is 2.32. The van der Waals surface area contributed by atoms with Crippen molar-refractivity contribution < 1.29 is 9.47 Å². The Morgan fingerprint density at radius 2 is 1.64 bits per heavy atom. The summed E-state index contributed by atoms with van der Waals surface area (Å²) in [6, 6.07) is 14.3. The smallest absolute Gasteiger partial charge is 0.163 e. The second-order valence-corrected chi connectivity index (χ2v) is 7.20. The molecular formula is C20H21N3O2. The van der Waals surface area contributed by atoms with Gasteiger partial charge in [0, 0.05) is 11.6 Å². The minimum Gasteiger partial charge on any atom is -0.486 e. The highest BCUT2D eigenvalue weighted by molar-refractivity contribution is 5.59. The van der Waals surface area contributed by atoms with Crippen LogP contribution in [0.15, 0.2) is 48.7 Å². The summed E-state index contributed by atoms with van der Waals surface area (Å²) in [6.07, 6.45) is 1.93. The van der Waals surface area contributed by atoms with Gasteiger partial charge in [-0.05, 0) is 23.1 Å². The van der Waals surface area contributed by atoms with Gasteiger partial charge in [0.25, 0.3) is 0 Å². The average molecular weight is 335 g/mol. The summed E-state index contributed by atoms with van der Waals surface area (Å²) < 4.78 is 12.9. The molecule has 3 aromatic rings. The summed E-state index contributed by atoms with van der Waals surface area (Å²) in [5.74, 6) is 1.52. The van der Waals surface area contributed by atoms with Crippen molar-refractivity contribution >= 4 is 0 Å². The Kier molecular flexibility index (Phi) is 3.71. The maximum Gasteiger partial charge on any atom is 0.163 e. The number of hydrogen-bond acceptors (Lipinski definition) is 4. The Bertz CT molecular complexity index is 892. The van der Waals surface area contributed by atoms with E-state index in [0.29, 0.717) is 13.2 Å². The van der Waals surface area contributed by atoms with Crippen molar-refractivity contribution in [3.05, 3.63) is 54.2 Å². The summed E-state index contributed by atoms with van der Waals surface area (Å²) in [6.45, 7) is 7.78. The zero-order valence-corrected chi connectivity index (χ0v) is 14.7. The van der Waals surface area contributed by atoms with Crippen molar-refractivity contribution in [2.75, 3.05) is 13.2 Å². The van der Waals surface area contributed by atoms with E-state index in [2.05, 4.69) is 55.3 Å². The third kappa shape index (κ3) is 3.09. The average Bonchev–Trinajstić information content (AvgIpc) is 3.11. The van der Waals surface area contributed by atoms with Crippen LogP contribution in [0.4, 0.5) is 0 Å². The molecular weight excluding hydrogens is 314 g/mol. The van der Waals surface area contributed by atoms with Crippen LogP contribution in [0.2, 0.25) is 0 Å². The number of aromatic nitrogens is 3. The topological polar surface area (TPSA) is 49.2 Å². The molecule has 25 heavy (non-hydrogen) atoms. The minimum atomic E-state index is 0.140. The number of rotatable bonds is 2. The molecule has 5 heteroatoms. The van der Waals surface area contributed by atoms with Crippen LogP contribution in [0.1, 0.15) is 26.3 Å². The first-order valence-electron chi connectivity index (χ1n) is 8.44. The van der Waals surface area contributed by atoms with Crippen molar-refractivity contribution in [1.29, 1.82) is 0 Å². The van der Waals surface area contributed by atoms with Crippen LogP contribution in [0.5, 0.6) is 11.5 Å². The van der Waals surface area contributed by atoms with Crippen LogP contribution in [0.3, 0.4) is 0 Å². The van der Waals surface area contributed by atoms with E-state index in [1.807, 2.05) is 24.4 Å². The molecule has 1 aromatic heterocycles. The van der Waals surface area contributed by atoms with Crippen molar-refractivity contribution in [2.24, 2.45) is 0 Å². The molecule has 4 rings (SSSR count). The monoisotopic (exact) mass is 335 g/mol. The van der Waals surface area contributed by atoms with Crippen molar-refractivity contribution in [2.45, 2.75) is 26.2 Å². The molecule has 0 fully saturated rings. The lowest BCUT2D eigenvalue weighted by atomic mass is 9.86. The fourth-order valence-corrected chi connectivity index (χ4v) is 2.84. The third-order valence-electron chi connectivity index (χ3n) is 4.33. The molecule has 0 atom stereocenters. The van der Waals surface area contributed by atoms with Gasteiger partial charge in [0.15, 0.2) is 11.5 Å². The molecule has 0 saturated heterocycles. The molecule has 0 unspecified atom stereocenters. The quantitative estimate of drug-likeness (QED) is 0.710. The Labute approximate surface area is 147 Å². The van der Waals surface area contributed by atoms with Gasteiger partial charge < -0.3 is 9.47 Å². The largest absolute Gasteiger partial charge is 0.486 e. The fourth-order valence-electron chi connectivity index (χ4n) is 2.84.